The first kappa shape index (κ1) is 24.4. The molecule has 2 atom stereocenters. The van der Waals surface area contributed by atoms with Crippen LogP contribution in [-0.4, -0.2) is 25.1 Å². The van der Waals surface area contributed by atoms with E-state index in [1.165, 1.54) is 7.11 Å². The van der Waals surface area contributed by atoms with Crippen molar-refractivity contribution < 1.29 is 31.1 Å². The predicted molar refractivity (Wildman–Crippen MR) is 110 cm³/mol. The van der Waals surface area contributed by atoms with Crippen LogP contribution in [0.2, 0.25) is 0 Å². The van der Waals surface area contributed by atoms with E-state index in [0.29, 0.717) is 24.8 Å². The minimum Gasteiger partial charge on any atom is -0.496 e. The van der Waals surface area contributed by atoms with Gasteiger partial charge in [0.25, 0.3) is 0 Å². The van der Waals surface area contributed by atoms with Crippen LogP contribution in [0, 0.1) is 5.92 Å². The van der Waals surface area contributed by atoms with Crippen molar-refractivity contribution in [1.82, 2.24) is 4.90 Å². The topological polar surface area (TPSA) is 12.5 Å². The highest BCUT2D eigenvalue weighted by Crippen LogP contribution is 2.42. The third-order valence-electron chi connectivity index (χ3n) is 6.24. The normalized spacial score (nSPS) is 20.1. The number of ether oxygens (including phenoxy) is 1. The lowest BCUT2D eigenvalue weighted by Gasteiger charge is -2.46. The Kier molecular flexibility index (Phi) is 6.84. The van der Waals surface area contributed by atoms with E-state index in [2.05, 4.69) is 11.8 Å². The summed E-state index contributed by atoms with van der Waals surface area (Å²) in [4.78, 5) is 2.16. The van der Waals surface area contributed by atoms with Crippen molar-refractivity contribution in [2.75, 3.05) is 20.2 Å². The molecule has 2 nitrogen and oxygen atoms in total. The number of likely N-dealkylation sites (tertiary alicyclic amines) is 1. The highest BCUT2D eigenvalue weighted by atomic mass is 19.4. The maximum atomic E-state index is 13.4. The Morgan fingerprint density at radius 1 is 0.969 bits per heavy atom. The van der Waals surface area contributed by atoms with E-state index >= 15 is 0 Å². The Bertz CT molecular complexity index is 907. The summed E-state index contributed by atoms with van der Waals surface area (Å²) >= 11 is 0. The van der Waals surface area contributed by atoms with Gasteiger partial charge in [0.1, 0.15) is 5.75 Å². The average molecular weight is 459 g/mol. The number of piperidine rings is 1. The van der Waals surface area contributed by atoms with E-state index in [4.69, 9.17) is 4.74 Å². The second-order valence-electron chi connectivity index (χ2n) is 8.76. The van der Waals surface area contributed by atoms with Crippen LogP contribution in [0.25, 0.3) is 0 Å². The van der Waals surface area contributed by atoms with Crippen molar-refractivity contribution in [3.8, 4) is 5.75 Å². The largest absolute Gasteiger partial charge is 0.496 e. The zero-order valence-corrected chi connectivity index (χ0v) is 18.3. The van der Waals surface area contributed by atoms with Crippen molar-refractivity contribution in [3.05, 3.63) is 64.7 Å². The standard InChI is InChI=1S/C24H27F6NO/c1-16-7-6-10-31(15-16)22(2,20-8-4-5-9-21(20)32-3)14-17-11-18(23(25,26)27)13-19(12-17)24(28,29)30/h4-5,8-9,11-13,16H,6-7,10,14-15H2,1-3H3. The minimum atomic E-state index is -4.88. The molecular weight excluding hydrogens is 432 g/mol. The lowest BCUT2D eigenvalue weighted by Crippen LogP contribution is -2.50. The fourth-order valence-electron chi connectivity index (χ4n) is 4.62. The van der Waals surface area contributed by atoms with E-state index in [0.717, 1.165) is 30.5 Å². The van der Waals surface area contributed by atoms with E-state index in [1.807, 2.05) is 13.0 Å². The van der Waals surface area contributed by atoms with Gasteiger partial charge in [-0.1, -0.05) is 25.1 Å². The maximum Gasteiger partial charge on any atom is 0.416 e. The first-order valence-electron chi connectivity index (χ1n) is 10.5. The number of para-hydroxylation sites is 1. The van der Waals surface area contributed by atoms with Crippen molar-refractivity contribution in [1.29, 1.82) is 0 Å². The number of rotatable bonds is 5. The molecule has 0 spiro atoms. The third-order valence-corrected chi connectivity index (χ3v) is 6.24. The Hall–Kier alpha value is -2.22. The Balaban J connectivity index is 2.15. The number of benzene rings is 2. The monoisotopic (exact) mass is 459 g/mol. The van der Waals surface area contributed by atoms with E-state index < -0.39 is 29.0 Å². The summed E-state index contributed by atoms with van der Waals surface area (Å²) in [5.41, 5.74) is -2.72. The van der Waals surface area contributed by atoms with Crippen LogP contribution in [0.5, 0.6) is 5.75 Å². The highest BCUT2D eigenvalue weighted by molar-refractivity contribution is 5.42. The van der Waals surface area contributed by atoms with Gasteiger partial charge in [0, 0.05) is 12.1 Å². The van der Waals surface area contributed by atoms with E-state index in [1.54, 1.807) is 18.2 Å². The van der Waals surface area contributed by atoms with Crippen molar-refractivity contribution in [3.63, 3.8) is 0 Å². The molecule has 176 valence electrons. The molecule has 1 heterocycles. The molecule has 0 bridgehead atoms. The average Bonchev–Trinajstić information content (AvgIpc) is 2.72. The first-order chi connectivity index (χ1) is 14.8. The number of nitrogens with zero attached hydrogens (tertiary/aromatic N) is 1. The molecule has 2 aromatic carbocycles. The van der Waals surface area contributed by atoms with Gasteiger partial charge in [0.2, 0.25) is 0 Å². The van der Waals surface area contributed by atoms with Crippen LogP contribution < -0.4 is 4.74 Å². The molecule has 0 saturated carbocycles. The van der Waals surface area contributed by atoms with Gasteiger partial charge in [0.05, 0.1) is 23.8 Å². The summed E-state index contributed by atoms with van der Waals surface area (Å²) in [6, 6.07) is 9.01. The van der Waals surface area contributed by atoms with Gasteiger partial charge in [-0.15, -0.1) is 0 Å². The van der Waals surface area contributed by atoms with E-state index in [9.17, 15) is 26.3 Å². The van der Waals surface area contributed by atoms with Crippen molar-refractivity contribution >= 4 is 0 Å². The molecule has 32 heavy (non-hydrogen) atoms. The zero-order chi connectivity index (χ0) is 23.7. The lowest BCUT2D eigenvalue weighted by atomic mass is 9.80. The number of hydrogen-bond donors (Lipinski definition) is 0. The molecule has 1 saturated heterocycles. The zero-order valence-electron chi connectivity index (χ0n) is 18.3. The summed E-state index contributed by atoms with van der Waals surface area (Å²) in [6.07, 6.45) is -7.84. The molecule has 2 aromatic rings. The van der Waals surface area contributed by atoms with E-state index in [-0.39, 0.29) is 18.1 Å². The molecule has 1 aliphatic heterocycles. The molecule has 1 fully saturated rings. The van der Waals surface area contributed by atoms with Crippen LogP contribution >= 0.6 is 0 Å². The Morgan fingerprint density at radius 2 is 1.56 bits per heavy atom. The molecule has 0 radical (unpaired) electrons. The van der Waals surface area contributed by atoms with Crippen LogP contribution in [0.3, 0.4) is 0 Å². The van der Waals surface area contributed by atoms with Gasteiger partial charge in [-0.25, -0.2) is 0 Å². The highest BCUT2D eigenvalue weighted by Gasteiger charge is 2.41. The number of hydrogen-bond acceptors (Lipinski definition) is 2. The van der Waals surface area contributed by atoms with Crippen LogP contribution in [0.15, 0.2) is 42.5 Å². The van der Waals surface area contributed by atoms with Crippen molar-refractivity contribution in [2.24, 2.45) is 5.92 Å². The third kappa shape index (κ3) is 5.22. The predicted octanol–water partition coefficient (Wildman–Crippen LogP) is 6.92. The second-order valence-corrected chi connectivity index (χ2v) is 8.76. The molecule has 0 amide bonds. The molecule has 2 unspecified atom stereocenters. The minimum absolute atomic E-state index is 0.0150. The lowest BCUT2D eigenvalue weighted by molar-refractivity contribution is -0.143. The fraction of sp³-hybridized carbons (Fsp3) is 0.500. The van der Waals surface area contributed by atoms with Gasteiger partial charge >= 0.3 is 12.4 Å². The van der Waals surface area contributed by atoms with Crippen LogP contribution in [-0.2, 0) is 24.3 Å². The molecule has 3 rings (SSSR count). The van der Waals surface area contributed by atoms with Gasteiger partial charge in [-0.05, 0) is 68.5 Å². The number of halogens is 6. The van der Waals surface area contributed by atoms with Gasteiger partial charge < -0.3 is 4.74 Å². The first-order valence-corrected chi connectivity index (χ1v) is 10.5. The Morgan fingerprint density at radius 3 is 2.09 bits per heavy atom. The molecular formula is C24H27F6NO. The van der Waals surface area contributed by atoms with Gasteiger partial charge in [-0.3, -0.25) is 4.90 Å². The second kappa shape index (κ2) is 8.96. The quantitative estimate of drug-likeness (QED) is 0.450. The summed E-state index contributed by atoms with van der Waals surface area (Å²) < 4.78 is 86.0. The van der Waals surface area contributed by atoms with Crippen LogP contribution in [0.1, 0.15) is 48.9 Å². The van der Waals surface area contributed by atoms with Crippen LogP contribution in [0.4, 0.5) is 26.3 Å². The number of methoxy groups -OCH3 is 1. The molecule has 0 aliphatic carbocycles. The smallest absolute Gasteiger partial charge is 0.416 e. The molecule has 0 aromatic heterocycles. The number of alkyl halides is 6. The fourth-order valence-corrected chi connectivity index (χ4v) is 4.62. The summed E-state index contributed by atoms with van der Waals surface area (Å²) in [5.74, 6) is 0.918. The molecule has 0 N–H and O–H groups in total. The Labute approximate surface area is 184 Å². The summed E-state index contributed by atoms with van der Waals surface area (Å²) in [5, 5.41) is 0. The van der Waals surface area contributed by atoms with Gasteiger partial charge in [-0.2, -0.15) is 26.3 Å². The molecule has 8 heteroatoms. The maximum absolute atomic E-state index is 13.4. The summed E-state index contributed by atoms with van der Waals surface area (Å²) in [7, 11) is 1.50. The van der Waals surface area contributed by atoms with Crippen molar-refractivity contribution in [2.45, 2.75) is 51.0 Å². The van der Waals surface area contributed by atoms with Gasteiger partial charge in [0.15, 0.2) is 0 Å². The SMILES string of the molecule is COc1ccccc1C(C)(Cc1cc(C(F)(F)F)cc(C(F)(F)F)c1)N1CCCC(C)C1. The summed E-state index contributed by atoms with van der Waals surface area (Å²) in [6.45, 7) is 5.36. The molecule has 1 aliphatic rings.